The molecule has 1 rings (SSSR count). The van der Waals surface area contributed by atoms with E-state index in [0.29, 0.717) is 11.5 Å². The lowest BCUT2D eigenvalue weighted by Gasteiger charge is -2.05. The Morgan fingerprint density at radius 3 is 2.93 bits per heavy atom. The Labute approximate surface area is 89.0 Å². The highest BCUT2D eigenvalue weighted by molar-refractivity contribution is 5.83. The van der Waals surface area contributed by atoms with Gasteiger partial charge >= 0.3 is 5.97 Å². The van der Waals surface area contributed by atoms with Crippen molar-refractivity contribution < 1.29 is 9.53 Å². The molecule has 0 saturated carbocycles. The molecule has 0 radical (unpaired) electrons. The van der Waals surface area contributed by atoms with Gasteiger partial charge in [0.15, 0.2) is 0 Å². The van der Waals surface area contributed by atoms with E-state index in [1.165, 1.54) is 13.2 Å². The molecule has 0 aliphatic carbocycles. The number of rotatable bonds is 3. The average Bonchev–Trinajstić information content (AvgIpc) is 2.17. The lowest BCUT2D eigenvalue weighted by atomic mass is 10.3. The summed E-state index contributed by atoms with van der Waals surface area (Å²) in [5, 5.41) is 3.00. The van der Waals surface area contributed by atoms with E-state index in [2.05, 4.69) is 15.0 Å². The van der Waals surface area contributed by atoms with Crippen molar-refractivity contribution in [3.63, 3.8) is 0 Å². The highest BCUT2D eigenvalue weighted by Gasteiger charge is 1.98. The predicted molar refractivity (Wildman–Crippen MR) is 58.4 cm³/mol. The largest absolute Gasteiger partial charge is 0.466 e. The van der Waals surface area contributed by atoms with Crippen molar-refractivity contribution in [2.45, 2.75) is 13.8 Å². The summed E-state index contributed by atoms with van der Waals surface area (Å²) in [7, 11) is 1.34. The highest BCUT2D eigenvalue weighted by atomic mass is 16.5. The number of carbonyl (C=O) groups is 1. The molecule has 0 spiro atoms. The Morgan fingerprint density at radius 1 is 1.60 bits per heavy atom. The first-order valence-corrected chi connectivity index (χ1v) is 4.58. The monoisotopic (exact) mass is 206 g/mol. The van der Waals surface area contributed by atoms with E-state index in [1.807, 2.05) is 19.1 Å². The molecule has 0 saturated heterocycles. The minimum Gasteiger partial charge on any atom is -0.466 e. The van der Waals surface area contributed by atoms with Gasteiger partial charge in [-0.3, -0.25) is 0 Å². The van der Waals surface area contributed by atoms with E-state index in [1.54, 1.807) is 13.1 Å². The van der Waals surface area contributed by atoms with Crippen LogP contribution < -0.4 is 5.32 Å². The van der Waals surface area contributed by atoms with Crippen molar-refractivity contribution in [1.29, 1.82) is 0 Å². The van der Waals surface area contributed by atoms with Crippen LogP contribution >= 0.6 is 0 Å². The molecule has 0 aromatic carbocycles. The summed E-state index contributed by atoms with van der Waals surface area (Å²) in [6, 6.07) is 3.80. The number of nitrogens with one attached hydrogen (secondary N) is 1. The maximum Gasteiger partial charge on any atom is 0.332 e. The summed E-state index contributed by atoms with van der Waals surface area (Å²) in [4.78, 5) is 15.0. The van der Waals surface area contributed by atoms with Crippen LogP contribution in [0.5, 0.6) is 0 Å². The number of methoxy groups -OCH3 is 1. The van der Waals surface area contributed by atoms with Gasteiger partial charge in [-0.25, -0.2) is 9.78 Å². The Balaban J connectivity index is 2.70. The Hall–Kier alpha value is -1.84. The molecule has 0 amide bonds. The zero-order valence-corrected chi connectivity index (χ0v) is 9.07. The maximum atomic E-state index is 10.9. The molecule has 1 N–H and O–H groups in total. The van der Waals surface area contributed by atoms with Gasteiger partial charge in [0.1, 0.15) is 5.82 Å². The number of hydrogen-bond donors (Lipinski definition) is 1. The third-order valence-electron chi connectivity index (χ3n) is 1.78. The third kappa shape index (κ3) is 3.81. The third-order valence-corrected chi connectivity index (χ3v) is 1.78. The summed E-state index contributed by atoms with van der Waals surface area (Å²) in [5.41, 5.74) is 1.80. The molecule has 15 heavy (non-hydrogen) atoms. The fourth-order valence-electron chi connectivity index (χ4n) is 1.08. The van der Waals surface area contributed by atoms with Gasteiger partial charge in [-0.05, 0) is 31.5 Å². The zero-order valence-electron chi connectivity index (χ0n) is 9.07. The molecule has 1 aromatic rings. The number of nitrogens with zero attached hydrogens (tertiary/aromatic N) is 1. The first-order valence-electron chi connectivity index (χ1n) is 4.58. The number of allylic oxidation sites excluding steroid dienone is 1. The van der Waals surface area contributed by atoms with Crippen LogP contribution in [0.15, 0.2) is 30.1 Å². The van der Waals surface area contributed by atoms with E-state index >= 15 is 0 Å². The average molecular weight is 206 g/mol. The van der Waals surface area contributed by atoms with E-state index in [0.717, 1.165) is 5.56 Å². The van der Waals surface area contributed by atoms with Gasteiger partial charge in [0.05, 0.1) is 7.11 Å². The number of pyridine rings is 1. The molecular weight excluding hydrogens is 192 g/mol. The summed E-state index contributed by atoms with van der Waals surface area (Å²) >= 11 is 0. The number of aromatic nitrogens is 1. The van der Waals surface area contributed by atoms with Gasteiger partial charge in [0, 0.05) is 18.0 Å². The maximum absolute atomic E-state index is 10.9. The topological polar surface area (TPSA) is 51.2 Å². The number of esters is 1. The van der Waals surface area contributed by atoms with Crippen LogP contribution in [0.25, 0.3) is 0 Å². The predicted octanol–water partition coefficient (Wildman–Crippen LogP) is 1.88. The second kappa shape index (κ2) is 5.14. The lowest BCUT2D eigenvalue weighted by molar-refractivity contribution is -0.134. The van der Waals surface area contributed by atoms with Crippen LogP contribution in [0.2, 0.25) is 0 Å². The van der Waals surface area contributed by atoms with Gasteiger partial charge in [-0.1, -0.05) is 0 Å². The molecule has 0 aliphatic rings. The molecule has 1 heterocycles. The van der Waals surface area contributed by atoms with E-state index in [9.17, 15) is 4.79 Å². The van der Waals surface area contributed by atoms with Crippen molar-refractivity contribution in [3.05, 3.63) is 35.7 Å². The van der Waals surface area contributed by atoms with Crippen molar-refractivity contribution in [3.8, 4) is 0 Å². The summed E-state index contributed by atoms with van der Waals surface area (Å²) < 4.78 is 4.51. The van der Waals surface area contributed by atoms with Crippen LogP contribution in [0.3, 0.4) is 0 Å². The van der Waals surface area contributed by atoms with Crippen molar-refractivity contribution in [2.75, 3.05) is 12.4 Å². The Kier molecular flexibility index (Phi) is 3.85. The first-order chi connectivity index (χ1) is 7.11. The molecule has 0 aliphatic heterocycles. The SMILES string of the molecule is COC(=O)/C=C(\C)Nc1cc(C)ccn1. The van der Waals surface area contributed by atoms with Crippen LogP contribution in [0, 0.1) is 6.92 Å². The normalized spacial score (nSPS) is 11.0. The molecule has 0 atom stereocenters. The quantitative estimate of drug-likeness (QED) is 0.606. The van der Waals surface area contributed by atoms with E-state index in [-0.39, 0.29) is 5.97 Å². The first kappa shape index (κ1) is 11.2. The summed E-state index contributed by atoms with van der Waals surface area (Å²) in [5.74, 6) is 0.334. The van der Waals surface area contributed by atoms with Crippen molar-refractivity contribution in [1.82, 2.24) is 4.98 Å². The smallest absolute Gasteiger partial charge is 0.332 e. The number of anilines is 1. The minimum atomic E-state index is -0.382. The van der Waals surface area contributed by atoms with Gasteiger partial charge in [0.25, 0.3) is 0 Å². The summed E-state index contributed by atoms with van der Waals surface area (Å²) in [6.45, 7) is 3.76. The van der Waals surface area contributed by atoms with Crippen LogP contribution in [-0.2, 0) is 9.53 Å². The van der Waals surface area contributed by atoms with Crippen molar-refractivity contribution >= 4 is 11.8 Å². The van der Waals surface area contributed by atoms with Crippen LogP contribution in [-0.4, -0.2) is 18.1 Å². The fraction of sp³-hybridized carbons (Fsp3) is 0.273. The van der Waals surface area contributed by atoms with Gasteiger partial charge in [-0.2, -0.15) is 0 Å². The van der Waals surface area contributed by atoms with Crippen LogP contribution in [0.4, 0.5) is 5.82 Å². The molecule has 0 bridgehead atoms. The van der Waals surface area contributed by atoms with Gasteiger partial charge in [0.2, 0.25) is 0 Å². The molecule has 0 fully saturated rings. The van der Waals surface area contributed by atoms with E-state index in [4.69, 9.17) is 0 Å². The molecule has 0 unspecified atom stereocenters. The number of hydrogen-bond acceptors (Lipinski definition) is 4. The second-order valence-electron chi connectivity index (χ2n) is 3.19. The minimum absolute atomic E-state index is 0.382. The molecule has 4 nitrogen and oxygen atoms in total. The van der Waals surface area contributed by atoms with Gasteiger partial charge in [-0.15, -0.1) is 0 Å². The molecule has 1 aromatic heterocycles. The zero-order chi connectivity index (χ0) is 11.3. The summed E-state index contributed by atoms with van der Waals surface area (Å²) in [6.07, 6.45) is 3.09. The fourth-order valence-corrected chi connectivity index (χ4v) is 1.08. The second-order valence-corrected chi connectivity index (χ2v) is 3.19. The molecular formula is C11H14N2O2. The highest BCUT2D eigenvalue weighted by Crippen LogP contribution is 2.08. The molecule has 4 heteroatoms. The van der Waals surface area contributed by atoms with Gasteiger partial charge < -0.3 is 10.1 Å². The van der Waals surface area contributed by atoms with Crippen molar-refractivity contribution in [2.24, 2.45) is 0 Å². The van der Waals surface area contributed by atoms with Crippen LogP contribution in [0.1, 0.15) is 12.5 Å². The number of carbonyl (C=O) groups excluding carboxylic acids is 1. The van der Waals surface area contributed by atoms with E-state index < -0.39 is 0 Å². The standard InChI is InChI=1S/C11H14N2O2/c1-8-4-5-12-10(6-8)13-9(2)7-11(14)15-3/h4-7H,1-3H3,(H,12,13)/b9-7+. The molecule has 80 valence electrons. The lowest BCUT2D eigenvalue weighted by Crippen LogP contribution is -2.03. The Bertz CT molecular complexity index is 386. The Morgan fingerprint density at radius 2 is 2.33 bits per heavy atom. The number of ether oxygens (including phenoxy) is 1. The number of aryl methyl sites for hydroxylation is 1.